The molecular weight excluding hydrogens is 248 g/mol. The third-order valence-corrected chi connectivity index (χ3v) is 2.75. The van der Waals surface area contributed by atoms with Gasteiger partial charge in [-0.1, -0.05) is 31.0 Å². The molecule has 0 fully saturated rings. The highest BCUT2D eigenvalue weighted by Gasteiger charge is 2.24. The van der Waals surface area contributed by atoms with Gasteiger partial charge in [0.2, 0.25) is 0 Å². The average Bonchev–Trinajstić information content (AvgIpc) is 2.38. The number of carboxylic acid groups (broad SMARTS) is 2. The number of unbranched alkanes of at least 4 members (excludes halogenated alkanes) is 2. The first kappa shape index (κ1) is 15.0. The van der Waals surface area contributed by atoms with E-state index in [1.54, 1.807) is 0 Å². The second-order valence-corrected chi connectivity index (χ2v) is 4.24. The summed E-state index contributed by atoms with van der Waals surface area (Å²) in [6, 6.07) is 9.42. The van der Waals surface area contributed by atoms with Gasteiger partial charge in [-0.25, -0.2) is 0 Å². The molecule has 0 heterocycles. The lowest BCUT2D eigenvalue weighted by atomic mass is 10.0. The Morgan fingerprint density at radius 2 is 1.63 bits per heavy atom. The summed E-state index contributed by atoms with van der Waals surface area (Å²) in [7, 11) is 0. The molecule has 0 spiro atoms. The summed E-state index contributed by atoms with van der Waals surface area (Å²) < 4.78 is 5.48. The van der Waals surface area contributed by atoms with Gasteiger partial charge in [0.05, 0.1) is 6.61 Å². The summed E-state index contributed by atoms with van der Waals surface area (Å²) in [5, 5.41) is 17.4. The van der Waals surface area contributed by atoms with Crippen LogP contribution in [0.25, 0.3) is 0 Å². The van der Waals surface area contributed by atoms with Crippen LogP contribution in [-0.2, 0) is 9.59 Å². The van der Waals surface area contributed by atoms with E-state index in [2.05, 4.69) is 0 Å². The number of hydrogen-bond donors (Lipinski definition) is 2. The highest BCUT2D eigenvalue weighted by Crippen LogP contribution is 2.12. The lowest BCUT2D eigenvalue weighted by molar-refractivity contribution is -0.154. The molecule has 0 aliphatic carbocycles. The van der Waals surface area contributed by atoms with E-state index in [9.17, 15) is 9.59 Å². The molecule has 0 atom stereocenters. The van der Waals surface area contributed by atoms with Crippen molar-refractivity contribution in [3.63, 3.8) is 0 Å². The molecule has 0 radical (unpaired) electrons. The van der Waals surface area contributed by atoms with Crippen LogP contribution in [0.15, 0.2) is 30.3 Å². The summed E-state index contributed by atoms with van der Waals surface area (Å²) in [6.07, 6.45) is 2.27. The minimum atomic E-state index is -1.30. The fraction of sp³-hybridized carbons (Fsp3) is 0.429. The number of hydrogen-bond acceptors (Lipinski definition) is 3. The molecule has 5 heteroatoms. The summed E-state index contributed by atoms with van der Waals surface area (Å²) in [4.78, 5) is 21.3. The molecule has 0 bridgehead atoms. The third-order valence-electron chi connectivity index (χ3n) is 2.75. The van der Waals surface area contributed by atoms with Crippen LogP contribution < -0.4 is 4.74 Å². The fourth-order valence-electron chi connectivity index (χ4n) is 1.69. The number of benzene rings is 1. The predicted octanol–water partition coefficient (Wildman–Crippen LogP) is 2.41. The summed E-state index contributed by atoms with van der Waals surface area (Å²) in [6.45, 7) is 0.550. The maximum atomic E-state index is 10.6. The predicted molar refractivity (Wildman–Crippen MR) is 69.2 cm³/mol. The molecule has 5 nitrogen and oxygen atoms in total. The first-order valence-electron chi connectivity index (χ1n) is 6.24. The lowest BCUT2D eigenvalue weighted by Crippen LogP contribution is -2.23. The van der Waals surface area contributed by atoms with Crippen molar-refractivity contribution in [3.8, 4) is 5.75 Å². The Kier molecular flexibility index (Phi) is 6.43. The largest absolute Gasteiger partial charge is 0.494 e. The van der Waals surface area contributed by atoms with Gasteiger partial charge in [-0.05, 0) is 25.0 Å². The molecule has 0 saturated carbocycles. The van der Waals surface area contributed by atoms with Crippen molar-refractivity contribution in [1.29, 1.82) is 0 Å². The van der Waals surface area contributed by atoms with Crippen molar-refractivity contribution in [2.45, 2.75) is 25.7 Å². The maximum Gasteiger partial charge on any atom is 0.317 e. The Bertz CT molecular complexity index is 388. The van der Waals surface area contributed by atoms with Crippen molar-refractivity contribution in [1.82, 2.24) is 0 Å². The molecule has 0 aliphatic heterocycles. The Morgan fingerprint density at radius 3 is 2.21 bits per heavy atom. The van der Waals surface area contributed by atoms with Crippen LogP contribution in [-0.4, -0.2) is 28.8 Å². The molecule has 104 valence electrons. The molecule has 2 N–H and O–H groups in total. The van der Waals surface area contributed by atoms with Crippen LogP contribution in [0.5, 0.6) is 5.75 Å². The van der Waals surface area contributed by atoms with Gasteiger partial charge >= 0.3 is 11.9 Å². The van der Waals surface area contributed by atoms with E-state index >= 15 is 0 Å². The van der Waals surface area contributed by atoms with Crippen LogP contribution >= 0.6 is 0 Å². The van der Waals surface area contributed by atoms with E-state index < -0.39 is 17.9 Å². The normalized spacial score (nSPS) is 10.4. The Balaban J connectivity index is 2.11. The van der Waals surface area contributed by atoms with Crippen LogP contribution in [0, 0.1) is 5.92 Å². The van der Waals surface area contributed by atoms with Gasteiger partial charge in [-0.15, -0.1) is 0 Å². The van der Waals surface area contributed by atoms with Crippen molar-refractivity contribution in [2.75, 3.05) is 6.61 Å². The SMILES string of the molecule is O=C(O)C(CCCCCOc1ccccc1)C(=O)O. The van der Waals surface area contributed by atoms with Crippen molar-refractivity contribution in [2.24, 2.45) is 5.92 Å². The van der Waals surface area contributed by atoms with Crippen LogP contribution in [0.2, 0.25) is 0 Å². The molecule has 1 aromatic rings. The van der Waals surface area contributed by atoms with Gasteiger partial charge in [-0.3, -0.25) is 9.59 Å². The van der Waals surface area contributed by atoms with E-state index in [1.807, 2.05) is 30.3 Å². The Morgan fingerprint density at radius 1 is 1.00 bits per heavy atom. The van der Waals surface area contributed by atoms with Gasteiger partial charge in [0.25, 0.3) is 0 Å². The smallest absolute Gasteiger partial charge is 0.317 e. The van der Waals surface area contributed by atoms with E-state index in [1.165, 1.54) is 0 Å². The standard InChI is InChI=1S/C14H18O5/c15-13(16)12(14(17)18)9-5-2-6-10-19-11-7-3-1-4-8-11/h1,3-4,7-8,12H,2,5-6,9-10H2,(H,15,16)(H,17,18). The summed E-state index contributed by atoms with van der Waals surface area (Å²) in [5.41, 5.74) is 0. The van der Waals surface area contributed by atoms with E-state index in [0.717, 1.165) is 18.6 Å². The minimum absolute atomic E-state index is 0.163. The van der Waals surface area contributed by atoms with E-state index in [4.69, 9.17) is 14.9 Å². The molecule has 0 aromatic heterocycles. The highest BCUT2D eigenvalue weighted by molar-refractivity contribution is 5.92. The number of carboxylic acids is 2. The van der Waals surface area contributed by atoms with Gasteiger partial charge in [0.15, 0.2) is 5.92 Å². The number of carbonyl (C=O) groups is 2. The molecule has 0 amide bonds. The number of ether oxygens (including phenoxy) is 1. The monoisotopic (exact) mass is 266 g/mol. The quantitative estimate of drug-likeness (QED) is 0.529. The zero-order valence-electron chi connectivity index (χ0n) is 10.6. The highest BCUT2D eigenvalue weighted by atomic mass is 16.5. The third kappa shape index (κ3) is 5.90. The zero-order chi connectivity index (χ0) is 14.1. The first-order valence-corrected chi connectivity index (χ1v) is 6.24. The fourth-order valence-corrected chi connectivity index (χ4v) is 1.69. The number of rotatable bonds is 9. The zero-order valence-corrected chi connectivity index (χ0v) is 10.6. The van der Waals surface area contributed by atoms with Gasteiger partial charge in [0, 0.05) is 0 Å². The van der Waals surface area contributed by atoms with Crippen molar-refractivity contribution >= 4 is 11.9 Å². The molecule has 1 aromatic carbocycles. The van der Waals surface area contributed by atoms with Gasteiger partial charge < -0.3 is 14.9 Å². The van der Waals surface area contributed by atoms with E-state index in [0.29, 0.717) is 13.0 Å². The average molecular weight is 266 g/mol. The van der Waals surface area contributed by atoms with Crippen LogP contribution in [0.3, 0.4) is 0 Å². The van der Waals surface area contributed by atoms with Crippen molar-refractivity contribution in [3.05, 3.63) is 30.3 Å². The second kappa shape index (κ2) is 8.13. The lowest BCUT2D eigenvalue weighted by Gasteiger charge is -2.08. The molecule has 0 saturated heterocycles. The summed E-state index contributed by atoms with van der Waals surface area (Å²) in [5.74, 6) is -3.03. The number of para-hydroxylation sites is 1. The molecule has 1 rings (SSSR count). The van der Waals surface area contributed by atoms with Gasteiger partial charge in [0.1, 0.15) is 5.75 Å². The topological polar surface area (TPSA) is 83.8 Å². The summed E-state index contributed by atoms with van der Waals surface area (Å²) >= 11 is 0. The second-order valence-electron chi connectivity index (χ2n) is 4.24. The maximum absolute atomic E-state index is 10.6. The van der Waals surface area contributed by atoms with Crippen LogP contribution in [0.4, 0.5) is 0 Å². The minimum Gasteiger partial charge on any atom is -0.494 e. The van der Waals surface area contributed by atoms with E-state index in [-0.39, 0.29) is 6.42 Å². The molecular formula is C14H18O5. The Hall–Kier alpha value is -2.04. The first-order chi connectivity index (χ1) is 9.11. The van der Waals surface area contributed by atoms with Gasteiger partial charge in [-0.2, -0.15) is 0 Å². The molecule has 19 heavy (non-hydrogen) atoms. The number of aliphatic carboxylic acids is 2. The van der Waals surface area contributed by atoms with Crippen LogP contribution in [0.1, 0.15) is 25.7 Å². The molecule has 0 unspecified atom stereocenters. The molecule has 0 aliphatic rings. The Labute approximate surface area is 111 Å². The van der Waals surface area contributed by atoms with Crippen molar-refractivity contribution < 1.29 is 24.5 Å².